The first-order valence-corrected chi connectivity index (χ1v) is 12.2. The van der Waals surface area contributed by atoms with Gasteiger partial charge in [0.25, 0.3) is 5.91 Å². The highest BCUT2D eigenvalue weighted by Gasteiger charge is 2.26. The number of oxazole rings is 1. The fourth-order valence-electron chi connectivity index (χ4n) is 4.67. The van der Waals surface area contributed by atoms with Gasteiger partial charge in [-0.05, 0) is 61.6 Å². The van der Waals surface area contributed by atoms with Crippen LogP contribution in [0.15, 0.2) is 83.3 Å². The third-order valence-electron chi connectivity index (χ3n) is 6.71. The summed E-state index contributed by atoms with van der Waals surface area (Å²) in [6.07, 6.45) is 2.13. The van der Waals surface area contributed by atoms with Crippen LogP contribution in [-0.2, 0) is 4.79 Å². The predicted molar refractivity (Wildman–Crippen MR) is 136 cm³/mol. The summed E-state index contributed by atoms with van der Waals surface area (Å²) in [5.41, 5.74) is 3.94. The molecule has 1 saturated heterocycles. The van der Waals surface area contributed by atoms with E-state index in [4.69, 9.17) is 4.42 Å². The first kappa shape index (κ1) is 22.8. The van der Waals surface area contributed by atoms with Crippen LogP contribution in [0.5, 0.6) is 0 Å². The van der Waals surface area contributed by atoms with Crippen molar-refractivity contribution in [1.82, 2.24) is 15.2 Å². The highest BCUT2D eigenvalue weighted by atomic mass is 16.3. The molecule has 1 aromatic heterocycles. The molecule has 6 nitrogen and oxygen atoms in total. The number of nitrogens with one attached hydrogen (secondary N) is 1. The maximum Gasteiger partial charge on any atom is 0.253 e. The molecule has 0 radical (unpaired) electrons. The van der Waals surface area contributed by atoms with Gasteiger partial charge < -0.3 is 14.6 Å². The monoisotopic (exact) mass is 467 g/mol. The van der Waals surface area contributed by atoms with Gasteiger partial charge in [-0.2, -0.15) is 0 Å². The van der Waals surface area contributed by atoms with Crippen LogP contribution in [0, 0.1) is 5.92 Å². The van der Waals surface area contributed by atoms with Crippen molar-refractivity contribution in [1.29, 1.82) is 0 Å². The van der Waals surface area contributed by atoms with Crippen LogP contribution in [0.25, 0.3) is 22.6 Å². The topological polar surface area (TPSA) is 75.4 Å². The molecular weight excluding hydrogens is 438 g/mol. The second-order valence-corrected chi connectivity index (χ2v) is 9.21. The third kappa shape index (κ3) is 5.27. The maximum absolute atomic E-state index is 13.1. The molecule has 1 fully saturated rings. The Hall–Kier alpha value is -3.93. The van der Waals surface area contributed by atoms with Gasteiger partial charge >= 0.3 is 0 Å². The number of carbonyl (C=O) groups is 2. The predicted octanol–water partition coefficient (Wildman–Crippen LogP) is 5.61. The molecule has 178 valence electrons. The largest absolute Gasteiger partial charge is 0.436 e. The normalized spacial score (nSPS) is 15.2. The molecule has 2 heterocycles. The molecule has 5 rings (SSSR count). The van der Waals surface area contributed by atoms with E-state index in [1.165, 1.54) is 0 Å². The van der Waals surface area contributed by atoms with Gasteiger partial charge in [0, 0.05) is 30.6 Å². The number of hydrogen-bond donors (Lipinski definition) is 1. The molecular formula is C29H29N3O3. The molecule has 1 atom stereocenters. The third-order valence-corrected chi connectivity index (χ3v) is 6.71. The van der Waals surface area contributed by atoms with Gasteiger partial charge in [0.1, 0.15) is 5.52 Å². The summed E-state index contributed by atoms with van der Waals surface area (Å²) in [6.45, 7) is 3.30. The Morgan fingerprint density at radius 3 is 2.40 bits per heavy atom. The first-order chi connectivity index (χ1) is 17.1. The lowest BCUT2D eigenvalue weighted by Crippen LogP contribution is -2.39. The number of aromatic nitrogens is 1. The Morgan fingerprint density at radius 1 is 1.00 bits per heavy atom. The summed E-state index contributed by atoms with van der Waals surface area (Å²) in [5, 5.41) is 3.10. The lowest BCUT2D eigenvalue weighted by Gasteiger charge is -2.32. The molecule has 0 bridgehead atoms. The minimum atomic E-state index is -0.0150. The Balaban J connectivity index is 1.16. The summed E-state index contributed by atoms with van der Waals surface area (Å²) in [7, 11) is 0. The standard InChI is InChI=1S/C29H29N3O3/c1-20(22-8-4-2-5-9-22)30-27(33)18-21-14-16-32(17-15-21)29(34)24-12-13-25-26(19-24)35-28(31-25)23-10-6-3-7-11-23/h2-13,19-21H,14-18H2,1H3,(H,30,33). The Morgan fingerprint density at radius 2 is 1.69 bits per heavy atom. The van der Waals surface area contributed by atoms with Gasteiger partial charge in [0.05, 0.1) is 6.04 Å². The van der Waals surface area contributed by atoms with Crippen molar-refractivity contribution in [3.63, 3.8) is 0 Å². The lowest BCUT2D eigenvalue weighted by molar-refractivity contribution is -0.122. The molecule has 2 amide bonds. The summed E-state index contributed by atoms with van der Waals surface area (Å²) in [6, 6.07) is 25.1. The second-order valence-electron chi connectivity index (χ2n) is 9.21. The maximum atomic E-state index is 13.1. The summed E-state index contributed by atoms with van der Waals surface area (Å²) < 4.78 is 5.93. The summed E-state index contributed by atoms with van der Waals surface area (Å²) >= 11 is 0. The average molecular weight is 468 g/mol. The van der Waals surface area contributed by atoms with E-state index in [1.807, 2.05) is 84.6 Å². The second kappa shape index (κ2) is 10.1. The summed E-state index contributed by atoms with van der Waals surface area (Å²) in [4.78, 5) is 32.1. The van der Waals surface area contributed by atoms with E-state index in [-0.39, 0.29) is 23.8 Å². The van der Waals surface area contributed by atoms with Gasteiger partial charge in [-0.1, -0.05) is 48.5 Å². The van der Waals surface area contributed by atoms with Crippen LogP contribution in [-0.4, -0.2) is 34.8 Å². The molecule has 1 N–H and O–H groups in total. The van der Waals surface area contributed by atoms with Crippen LogP contribution in [0.3, 0.4) is 0 Å². The zero-order valence-corrected chi connectivity index (χ0v) is 19.8. The average Bonchev–Trinajstić information content (AvgIpc) is 3.33. The smallest absolute Gasteiger partial charge is 0.253 e. The van der Waals surface area contributed by atoms with Crippen molar-refractivity contribution in [2.75, 3.05) is 13.1 Å². The molecule has 0 saturated carbocycles. The number of piperidine rings is 1. The number of rotatable bonds is 6. The van der Waals surface area contributed by atoms with E-state index in [0.29, 0.717) is 36.5 Å². The lowest BCUT2D eigenvalue weighted by atomic mass is 9.92. The van der Waals surface area contributed by atoms with E-state index in [1.54, 1.807) is 6.07 Å². The van der Waals surface area contributed by atoms with Crippen LogP contribution in [0.2, 0.25) is 0 Å². The SMILES string of the molecule is CC(NC(=O)CC1CCN(C(=O)c2ccc3nc(-c4ccccc4)oc3c2)CC1)c1ccccc1. The van der Waals surface area contributed by atoms with E-state index in [9.17, 15) is 9.59 Å². The number of nitrogens with zero attached hydrogens (tertiary/aromatic N) is 2. The Labute approximate surface area is 205 Å². The zero-order valence-electron chi connectivity index (χ0n) is 19.8. The van der Waals surface area contributed by atoms with Crippen molar-refractivity contribution >= 4 is 22.9 Å². The van der Waals surface area contributed by atoms with Crippen molar-refractivity contribution < 1.29 is 14.0 Å². The van der Waals surface area contributed by atoms with Crippen molar-refractivity contribution in [3.8, 4) is 11.5 Å². The van der Waals surface area contributed by atoms with Crippen molar-refractivity contribution in [2.24, 2.45) is 5.92 Å². The van der Waals surface area contributed by atoms with E-state index >= 15 is 0 Å². The number of carbonyl (C=O) groups excluding carboxylic acids is 2. The Bertz CT molecular complexity index is 1310. The van der Waals surface area contributed by atoms with Gasteiger partial charge in [-0.15, -0.1) is 0 Å². The van der Waals surface area contributed by atoms with E-state index in [2.05, 4.69) is 10.3 Å². The molecule has 3 aromatic carbocycles. The fourth-order valence-corrected chi connectivity index (χ4v) is 4.67. The molecule has 0 aliphatic carbocycles. The zero-order chi connectivity index (χ0) is 24.2. The van der Waals surface area contributed by atoms with Gasteiger partial charge in [0.15, 0.2) is 5.58 Å². The van der Waals surface area contributed by atoms with Gasteiger partial charge in [0.2, 0.25) is 11.8 Å². The molecule has 35 heavy (non-hydrogen) atoms. The number of benzene rings is 3. The molecule has 4 aromatic rings. The molecule has 1 unspecified atom stereocenters. The number of hydrogen-bond acceptors (Lipinski definition) is 4. The van der Waals surface area contributed by atoms with Crippen molar-refractivity contribution in [2.45, 2.75) is 32.2 Å². The van der Waals surface area contributed by atoms with Crippen LogP contribution < -0.4 is 5.32 Å². The van der Waals surface area contributed by atoms with E-state index < -0.39 is 0 Å². The van der Waals surface area contributed by atoms with Crippen LogP contribution in [0.4, 0.5) is 0 Å². The van der Waals surface area contributed by atoms with Gasteiger partial charge in [-0.3, -0.25) is 9.59 Å². The minimum absolute atomic E-state index is 0.00911. The molecule has 1 aliphatic heterocycles. The van der Waals surface area contributed by atoms with Gasteiger partial charge in [-0.25, -0.2) is 4.98 Å². The molecule has 0 spiro atoms. The van der Waals surface area contributed by atoms with Crippen LogP contribution >= 0.6 is 0 Å². The first-order valence-electron chi connectivity index (χ1n) is 12.2. The van der Waals surface area contributed by atoms with Crippen LogP contribution in [0.1, 0.15) is 48.1 Å². The van der Waals surface area contributed by atoms with Crippen molar-refractivity contribution in [3.05, 3.63) is 90.0 Å². The molecule has 6 heteroatoms. The highest BCUT2D eigenvalue weighted by molar-refractivity contribution is 5.97. The number of amides is 2. The number of likely N-dealkylation sites (tertiary alicyclic amines) is 1. The Kier molecular flexibility index (Phi) is 6.62. The fraction of sp³-hybridized carbons (Fsp3) is 0.276. The highest BCUT2D eigenvalue weighted by Crippen LogP contribution is 2.27. The minimum Gasteiger partial charge on any atom is -0.436 e. The summed E-state index contributed by atoms with van der Waals surface area (Å²) in [5.74, 6) is 0.888. The quantitative estimate of drug-likeness (QED) is 0.400. The number of fused-ring (bicyclic) bond motifs is 1. The van der Waals surface area contributed by atoms with E-state index in [0.717, 1.165) is 29.5 Å². The molecule has 1 aliphatic rings.